The molecule has 2 heterocycles. The van der Waals surface area contributed by atoms with Crippen LogP contribution in [0, 0.1) is 5.92 Å². The molecule has 2 aliphatic heterocycles. The van der Waals surface area contributed by atoms with Crippen LogP contribution in [0.15, 0.2) is 0 Å². The topological polar surface area (TPSA) is 3.24 Å². The molecule has 1 nitrogen and oxygen atoms in total. The van der Waals surface area contributed by atoms with Crippen molar-refractivity contribution in [2.45, 2.75) is 45.1 Å². The molecule has 2 atom stereocenters. The van der Waals surface area contributed by atoms with Crippen LogP contribution in [0.25, 0.3) is 0 Å². The average Bonchev–Trinajstić information content (AvgIpc) is 2.34. The maximum Gasteiger partial charge on any atom is 0.0207 e. The molecule has 0 aromatic heterocycles. The molecule has 2 fully saturated rings. The molecule has 64 valence electrons. The minimum Gasteiger partial charge on any atom is -0.298 e. The van der Waals surface area contributed by atoms with Crippen molar-refractivity contribution >= 4 is 0 Å². The third-order valence-corrected chi connectivity index (χ3v) is 3.96. The Morgan fingerprint density at radius 1 is 1.27 bits per heavy atom. The summed E-state index contributed by atoms with van der Waals surface area (Å²) in [7, 11) is 0. The van der Waals surface area contributed by atoms with Gasteiger partial charge in [-0.05, 0) is 51.6 Å². The summed E-state index contributed by atoms with van der Waals surface area (Å²) in [6.45, 7) is 7.61. The van der Waals surface area contributed by atoms with Crippen molar-refractivity contribution in [3.8, 4) is 0 Å². The molecule has 0 aromatic rings. The Bertz CT molecular complexity index is 155. The summed E-state index contributed by atoms with van der Waals surface area (Å²) in [5.41, 5.74) is 0.582. The van der Waals surface area contributed by atoms with Crippen LogP contribution in [0.1, 0.15) is 39.5 Å². The molecule has 2 rings (SSSR count). The van der Waals surface area contributed by atoms with E-state index in [1.165, 1.54) is 38.8 Å². The van der Waals surface area contributed by atoms with Gasteiger partial charge in [-0.3, -0.25) is 4.90 Å². The average molecular weight is 153 g/mol. The van der Waals surface area contributed by atoms with Crippen molar-refractivity contribution in [3.05, 3.63) is 0 Å². The second kappa shape index (κ2) is 2.48. The number of piperidine rings is 1. The predicted octanol–water partition coefficient (Wildman–Crippen LogP) is 2.27. The lowest BCUT2D eigenvalue weighted by atomic mass is 9.79. The van der Waals surface area contributed by atoms with Crippen molar-refractivity contribution in [1.29, 1.82) is 0 Å². The van der Waals surface area contributed by atoms with E-state index < -0.39 is 0 Å². The normalized spacial score (nSPS) is 45.8. The summed E-state index contributed by atoms with van der Waals surface area (Å²) < 4.78 is 0. The molecule has 0 amide bonds. The van der Waals surface area contributed by atoms with E-state index in [1.54, 1.807) is 0 Å². The standard InChI is InChI=1S/C10H19N/c1-9-5-3-7-11-8-4-6-10(9,11)2/h9H,3-8H2,1-2H3. The lowest BCUT2D eigenvalue weighted by Crippen LogP contribution is -2.49. The van der Waals surface area contributed by atoms with E-state index in [0.29, 0.717) is 5.54 Å². The van der Waals surface area contributed by atoms with Crippen LogP contribution in [0.2, 0.25) is 0 Å². The van der Waals surface area contributed by atoms with Crippen molar-refractivity contribution in [1.82, 2.24) is 4.90 Å². The highest BCUT2D eigenvalue weighted by atomic mass is 15.2. The molecule has 2 aliphatic rings. The van der Waals surface area contributed by atoms with Crippen LogP contribution in [0.5, 0.6) is 0 Å². The number of hydrogen-bond acceptors (Lipinski definition) is 1. The first-order valence-corrected chi connectivity index (χ1v) is 4.98. The number of rotatable bonds is 0. The number of nitrogens with zero attached hydrogens (tertiary/aromatic N) is 1. The SMILES string of the molecule is CC1CCCN2CCCC12C. The zero-order valence-electron chi connectivity index (χ0n) is 7.77. The highest BCUT2D eigenvalue weighted by molar-refractivity contribution is 4.98. The molecule has 0 aromatic carbocycles. The zero-order valence-corrected chi connectivity index (χ0v) is 7.77. The number of hydrogen-bond donors (Lipinski definition) is 0. The fourth-order valence-electron chi connectivity index (χ4n) is 2.87. The summed E-state index contributed by atoms with van der Waals surface area (Å²) >= 11 is 0. The molecule has 2 unspecified atom stereocenters. The van der Waals surface area contributed by atoms with Crippen molar-refractivity contribution < 1.29 is 0 Å². The van der Waals surface area contributed by atoms with Crippen LogP contribution in [0.4, 0.5) is 0 Å². The van der Waals surface area contributed by atoms with Gasteiger partial charge >= 0.3 is 0 Å². The van der Waals surface area contributed by atoms with E-state index in [-0.39, 0.29) is 0 Å². The first-order chi connectivity index (χ1) is 5.23. The molecule has 0 bridgehead atoms. The van der Waals surface area contributed by atoms with Crippen LogP contribution in [-0.4, -0.2) is 23.5 Å². The lowest BCUT2D eigenvalue weighted by Gasteiger charge is -2.44. The van der Waals surface area contributed by atoms with Gasteiger partial charge in [0.15, 0.2) is 0 Å². The van der Waals surface area contributed by atoms with Crippen LogP contribution in [-0.2, 0) is 0 Å². The Labute approximate surface area is 69.8 Å². The van der Waals surface area contributed by atoms with E-state index in [0.717, 1.165) is 5.92 Å². The molecular formula is C10H19N. The predicted molar refractivity (Wildman–Crippen MR) is 47.6 cm³/mol. The van der Waals surface area contributed by atoms with Gasteiger partial charge in [0.05, 0.1) is 0 Å². The van der Waals surface area contributed by atoms with Crippen LogP contribution in [0.3, 0.4) is 0 Å². The smallest absolute Gasteiger partial charge is 0.0207 e. The summed E-state index contributed by atoms with van der Waals surface area (Å²) in [6.07, 6.45) is 5.75. The molecule has 0 N–H and O–H groups in total. The summed E-state index contributed by atoms with van der Waals surface area (Å²) in [4.78, 5) is 2.71. The van der Waals surface area contributed by atoms with Gasteiger partial charge in [0.25, 0.3) is 0 Å². The first-order valence-electron chi connectivity index (χ1n) is 4.98. The number of fused-ring (bicyclic) bond motifs is 1. The lowest BCUT2D eigenvalue weighted by molar-refractivity contribution is 0.0547. The van der Waals surface area contributed by atoms with E-state index in [2.05, 4.69) is 18.7 Å². The van der Waals surface area contributed by atoms with Gasteiger partial charge in [-0.15, -0.1) is 0 Å². The maximum absolute atomic E-state index is 2.71. The largest absolute Gasteiger partial charge is 0.298 e. The Balaban J connectivity index is 2.17. The summed E-state index contributed by atoms with van der Waals surface area (Å²) in [6, 6.07) is 0. The second-order valence-electron chi connectivity index (χ2n) is 4.49. The van der Waals surface area contributed by atoms with Crippen LogP contribution < -0.4 is 0 Å². The van der Waals surface area contributed by atoms with E-state index >= 15 is 0 Å². The molecule has 0 aliphatic carbocycles. The Morgan fingerprint density at radius 3 is 2.73 bits per heavy atom. The molecule has 1 heteroatoms. The summed E-state index contributed by atoms with van der Waals surface area (Å²) in [5, 5.41) is 0. The van der Waals surface area contributed by atoms with Gasteiger partial charge in [0, 0.05) is 5.54 Å². The van der Waals surface area contributed by atoms with Gasteiger partial charge < -0.3 is 0 Å². The monoisotopic (exact) mass is 153 g/mol. The minimum atomic E-state index is 0.582. The fourth-order valence-corrected chi connectivity index (χ4v) is 2.87. The molecular weight excluding hydrogens is 134 g/mol. The highest BCUT2D eigenvalue weighted by Gasteiger charge is 2.42. The molecule has 2 saturated heterocycles. The Hall–Kier alpha value is -0.0400. The summed E-state index contributed by atoms with van der Waals surface area (Å²) in [5.74, 6) is 0.929. The van der Waals surface area contributed by atoms with Crippen molar-refractivity contribution in [2.75, 3.05) is 13.1 Å². The van der Waals surface area contributed by atoms with Gasteiger partial charge in [-0.2, -0.15) is 0 Å². The van der Waals surface area contributed by atoms with Gasteiger partial charge in [-0.1, -0.05) is 6.92 Å². The Morgan fingerprint density at radius 2 is 2.00 bits per heavy atom. The molecule has 0 saturated carbocycles. The highest BCUT2D eigenvalue weighted by Crippen LogP contribution is 2.40. The maximum atomic E-state index is 2.71. The van der Waals surface area contributed by atoms with Crippen LogP contribution >= 0.6 is 0 Å². The molecule has 0 spiro atoms. The zero-order chi connectivity index (χ0) is 7.90. The van der Waals surface area contributed by atoms with E-state index in [4.69, 9.17) is 0 Å². The van der Waals surface area contributed by atoms with Crippen molar-refractivity contribution in [3.63, 3.8) is 0 Å². The van der Waals surface area contributed by atoms with Gasteiger partial charge in [-0.25, -0.2) is 0 Å². The quantitative estimate of drug-likeness (QED) is 0.516. The van der Waals surface area contributed by atoms with Gasteiger partial charge in [0.1, 0.15) is 0 Å². The Kier molecular flexibility index (Phi) is 1.71. The first kappa shape index (κ1) is 7.60. The second-order valence-corrected chi connectivity index (χ2v) is 4.49. The molecule has 11 heavy (non-hydrogen) atoms. The van der Waals surface area contributed by atoms with Crippen molar-refractivity contribution in [2.24, 2.45) is 5.92 Å². The fraction of sp³-hybridized carbons (Fsp3) is 1.00. The minimum absolute atomic E-state index is 0.582. The molecule has 0 radical (unpaired) electrons. The third kappa shape index (κ3) is 1.01. The van der Waals surface area contributed by atoms with Gasteiger partial charge in [0.2, 0.25) is 0 Å². The van der Waals surface area contributed by atoms with E-state index in [1.807, 2.05) is 0 Å². The van der Waals surface area contributed by atoms with E-state index in [9.17, 15) is 0 Å². The third-order valence-electron chi connectivity index (χ3n) is 3.96.